The lowest BCUT2D eigenvalue weighted by Gasteiger charge is -2.03. The lowest BCUT2D eigenvalue weighted by Crippen LogP contribution is -1.81. The molecule has 0 spiro atoms. The van der Waals surface area contributed by atoms with Crippen molar-refractivity contribution < 1.29 is 0 Å². The predicted molar refractivity (Wildman–Crippen MR) is 51.9 cm³/mol. The Balaban J connectivity index is 2.96. The van der Waals surface area contributed by atoms with Crippen molar-refractivity contribution in [1.29, 1.82) is 0 Å². The molecule has 0 nitrogen and oxygen atoms in total. The quantitative estimate of drug-likeness (QED) is 0.470. The van der Waals surface area contributed by atoms with E-state index < -0.39 is 0 Å². The normalized spacial score (nSPS) is 10.4. The number of hydrogen-bond acceptors (Lipinski definition) is 2. The molecule has 1 aromatic rings. The molecule has 2 heteroatoms. The van der Waals surface area contributed by atoms with Gasteiger partial charge in [-0.05, 0) is 12.5 Å². The molecule has 54 valence electrons. The largest absolute Gasteiger partial charge is 0.160 e. The molecule has 0 fully saturated rings. The van der Waals surface area contributed by atoms with Crippen LogP contribution in [0.3, 0.4) is 0 Å². The first-order valence-electron chi connectivity index (χ1n) is 3.13. The van der Waals surface area contributed by atoms with Gasteiger partial charge in [0.1, 0.15) is 0 Å². The molecule has 0 saturated heterocycles. The molecule has 0 saturated carbocycles. The van der Waals surface area contributed by atoms with Crippen LogP contribution in [-0.2, 0) is 0 Å². The van der Waals surface area contributed by atoms with Gasteiger partial charge in [0.2, 0.25) is 0 Å². The van der Waals surface area contributed by atoms with Crippen LogP contribution in [0.2, 0.25) is 0 Å². The maximum atomic E-state index is 4.20. The summed E-state index contributed by atoms with van der Waals surface area (Å²) in [6.07, 6.45) is 0. The summed E-state index contributed by atoms with van der Waals surface area (Å²) in [5.74, 6) is 0. The molecule has 0 N–H and O–H groups in total. The Labute approximate surface area is 72.5 Å². The highest BCUT2D eigenvalue weighted by molar-refractivity contribution is 7.98. The van der Waals surface area contributed by atoms with Gasteiger partial charge >= 0.3 is 0 Å². The summed E-state index contributed by atoms with van der Waals surface area (Å²) in [6.45, 7) is 2.06. The second-order valence-electron chi connectivity index (χ2n) is 2.29. The molecule has 0 bridgehead atoms. The standard InChI is InChI=1S/C8H10S2/c1-6-3-2-4-7(5-6)8(9)10/h2-5,8-10H,1H3. The van der Waals surface area contributed by atoms with Gasteiger partial charge in [-0.2, -0.15) is 25.3 Å². The Kier molecular flexibility index (Phi) is 2.69. The van der Waals surface area contributed by atoms with Gasteiger partial charge in [0.05, 0.1) is 4.58 Å². The number of benzene rings is 1. The molecular formula is C8H10S2. The van der Waals surface area contributed by atoms with Crippen LogP contribution in [0.4, 0.5) is 0 Å². The van der Waals surface area contributed by atoms with Gasteiger partial charge in [0.15, 0.2) is 0 Å². The monoisotopic (exact) mass is 170 g/mol. The lowest BCUT2D eigenvalue weighted by molar-refractivity contribution is 1.35. The van der Waals surface area contributed by atoms with Crippen molar-refractivity contribution in [2.24, 2.45) is 0 Å². The second kappa shape index (κ2) is 3.35. The molecule has 1 aromatic carbocycles. The molecule has 0 heterocycles. The third-order valence-corrected chi connectivity index (χ3v) is 1.94. The van der Waals surface area contributed by atoms with Crippen LogP contribution in [0, 0.1) is 6.92 Å². The van der Waals surface area contributed by atoms with Crippen molar-refractivity contribution in [3.8, 4) is 0 Å². The molecular weight excluding hydrogens is 160 g/mol. The Hall–Kier alpha value is -0.0800. The Morgan fingerprint density at radius 3 is 2.40 bits per heavy atom. The molecule has 0 aliphatic heterocycles. The van der Waals surface area contributed by atoms with Crippen LogP contribution >= 0.6 is 25.3 Å². The predicted octanol–water partition coefficient (Wildman–Crippen LogP) is 2.85. The Morgan fingerprint density at radius 1 is 1.30 bits per heavy atom. The van der Waals surface area contributed by atoms with E-state index in [0.717, 1.165) is 5.56 Å². The first-order valence-corrected chi connectivity index (χ1v) is 4.16. The smallest absolute Gasteiger partial charge is 0.0692 e. The summed E-state index contributed by atoms with van der Waals surface area (Å²) < 4.78 is 0.0416. The van der Waals surface area contributed by atoms with Crippen LogP contribution in [-0.4, -0.2) is 0 Å². The van der Waals surface area contributed by atoms with E-state index in [4.69, 9.17) is 0 Å². The summed E-state index contributed by atoms with van der Waals surface area (Å²) in [5.41, 5.74) is 2.41. The van der Waals surface area contributed by atoms with Gasteiger partial charge in [-0.1, -0.05) is 29.8 Å². The summed E-state index contributed by atoms with van der Waals surface area (Å²) in [6, 6.07) is 8.19. The summed E-state index contributed by atoms with van der Waals surface area (Å²) in [5, 5.41) is 0. The number of rotatable bonds is 1. The number of thiol groups is 2. The highest BCUT2D eigenvalue weighted by atomic mass is 32.2. The van der Waals surface area contributed by atoms with E-state index in [1.165, 1.54) is 5.56 Å². The molecule has 0 atom stereocenters. The van der Waals surface area contributed by atoms with E-state index in [1.807, 2.05) is 12.1 Å². The first-order chi connectivity index (χ1) is 4.70. The minimum absolute atomic E-state index is 0.0416. The third-order valence-electron chi connectivity index (χ3n) is 1.34. The van der Waals surface area contributed by atoms with E-state index in [-0.39, 0.29) is 4.58 Å². The van der Waals surface area contributed by atoms with Gasteiger partial charge in [0, 0.05) is 0 Å². The minimum Gasteiger partial charge on any atom is -0.160 e. The zero-order valence-electron chi connectivity index (χ0n) is 5.78. The fourth-order valence-corrected chi connectivity index (χ4v) is 1.15. The van der Waals surface area contributed by atoms with Crippen molar-refractivity contribution in [3.05, 3.63) is 35.4 Å². The molecule has 0 aliphatic carbocycles. The van der Waals surface area contributed by atoms with Crippen LogP contribution in [0.5, 0.6) is 0 Å². The van der Waals surface area contributed by atoms with E-state index in [2.05, 4.69) is 44.3 Å². The Bertz CT molecular complexity index is 218. The minimum atomic E-state index is 0.0416. The van der Waals surface area contributed by atoms with Crippen LogP contribution in [0.25, 0.3) is 0 Å². The summed E-state index contributed by atoms with van der Waals surface area (Å²) in [7, 11) is 0. The highest BCUT2D eigenvalue weighted by Crippen LogP contribution is 2.23. The van der Waals surface area contributed by atoms with Gasteiger partial charge < -0.3 is 0 Å². The summed E-state index contributed by atoms with van der Waals surface area (Å²) in [4.78, 5) is 0. The van der Waals surface area contributed by atoms with Gasteiger partial charge in [-0.15, -0.1) is 0 Å². The number of aryl methyl sites for hydroxylation is 1. The first kappa shape index (κ1) is 8.02. The van der Waals surface area contributed by atoms with E-state index in [9.17, 15) is 0 Å². The van der Waals surface area contributed by atoms with Crippen molar-refractivity contribution >= 4 is 25.3 Å². The summed E-state index contributed by atoms with van der Waals surface area (Å²) >= 11 is 8.40. The topological polar surface area (TPSA) is 0 Å². The van der Waals surface area contributed by atoms with Crippen LogP contribution in [0.1, 0.15) is 15.7 Å². The third kappa shape index (κ3) is 1.96. The van der Waals surface area contributed by atoms with Gasteiger partial charge in [-0.25, -0.2) is 0 Å². The van der Waals surface area contributed by atoms with Crippen molar-refractivity contribution in [3.63, 3.8) is 0 Å². The SMILES string of the molecule is Cc1cccc(C(S)S)c1. The molecule has 10 heavy (non-hydrogen) atoms. The van der Waals surface area contributed by atoms with E-state index in [1.54, 1.807) is 0 Å². The zero-order chi connectivity index (χ0) is 7.56. The zero-order valence-corrected chi connectivity index (χ0v) is 7.57. The van der Waals surface area contributed by atoms with Crippen molar-refractivity contribution in [2.75, 3.05) is 0 Å². The van der Waals surface area contributed by atoms with Crippen molar-refractivity contribution in [2.45, 2.75) is 11.5 Å². The van der Waals surface area contributed by atoms with E-state index in [0.29, 0.717) is 0 Å². The highest BCUT2D eigenvalue weighted by Gasteiger charge is 1.97. The average Bonchev–Trinajstić information content (AvgIpc) is 1.88. The second-order valence-corrected chi connectivity index (χ2v) is 3.73. The van der Waals surface area contributed by atoms with Gasteiger partial charge in [-0.3, -0.25) is 0 Å². The van der Waals surface area contributed by atoms with Gasteiger partial charge in [0.25, 0.3) is 0 Å². The molecule has 1 rings (SSSR count). The van der Waals surface area contributed by atoms with Crippen molar-refractivity contribution in [1.82, 2.24) is 0 Å². The fraction of sp³-hybridized carbons (Fsp3) is 0.250. The molecule has 0 unspecified atom stereocenters. The molecule has 0 aromatic heterocycles. The van der Waals surface area contributed by atoms with Crippen LogP contribution < -0.4 is 0 Å². The molecule has 0 radical (unpaired) electrons. The van der Waals surface area contributed by atoms with Crippen LogP contribution in [0.15, 0.2) is 24.3 Å². The molecule has 0 aliphatic rings. The average molecular weight is 170 g/mol. The maximum Gasteiger partial charge on any atom is 0.0692 e. The lowest BCUT2D eigenvalue weighted by atomic mass is 10.2. The molecule has 0 amide bonds. The fourth-order valence-electron chi connectivity index (χ4n) is 0.831. The Morgan fingerprint density at radius 2 is 2.00 bits per heavy atom. The maximum absolute atomic E-state index is 4.20. The van der Waals surface area contributed by atoms with E-state index >= 15 is 0 Å². The number of hydrogen-bond donors (Lipinski definition) is 2.